The van der Waals surface area contributed by atoms with Crippen molar-refractivity contribution in [3.63, 3.8) is 0 Å². The maximum absolute atomic E-state index is 5.94. The third kappa shape index (κ3) is 2.99. The molecule has 0 saturated carbocycles. The molecule has 1 unspecified atom stereocenters. The fraction of sp³-hybridized carbons (Fsp3) is 0.364. The Kier molecular flexibility index (Phi) is 3.65. The number of aryl methyl sites for hydroxylation is 1. The molecule has 1 heterocycles. The van der Waals surface area contributed by atoms with E-state index in [2.05, 4.69) is 11.6 Å². The molecule has 70 valence electrons. The van der Waals surface area contributed by atoms with Crippen molar-refractivity contribution < 1.29 is 0 Å². The fourth-order valence-electron chi connectivity index (χ4n) is 1.16. The van der Waals surface area contributed by atoms with Gasteiger partial charge in [0.1, 0.15) is 0 Å². The fourth-order valence-corrected chi connectivity index (χ4v) is 1.16. The Balaban J connectivity index is 2.60. The molecule has 2 nitrogen and oxygen atoms in total. The first-order valence-electron chi connectivity index (χ1n) is 4.53. The minimum absolute atomic E-state index is 0.0890. The lowest BCUT2D eigenvalue weighted by atomic mass is 10.0. The van der Waals surface area contributed by atoms with E-state index in [1.165, 1.54) is 0 Å². The van der Waals surface area contributed by atoms with E-state index in [1.807, 2.05) is 31.3 Å². The standard InChI is InChI=1S/C11H16N2/c1-3-4-5-11(12)10-7-6-9(2)13-8-10/h3,6-8,11H,1,4-5,12H2,2H3. The third-order valence-electron chi connectivity index (χ3n) is 2.04. The van der Waals surface area contributed by atoms with Gasteiger partial charge in [-0.25, -0.2) is 0 Å². The first-order valence-corrected chi connectivity index (χ1v) is 4.53. The van der Waals surface area contributed by atoms with E-state index < -0.39 is 0 Å². The second kappa shape index (κ2) is 4.77. The van der Waals surface area contributed by atoms with Crippen LogP contribution in [0.5, 0.6) is 0 Å². The van der Waals surface area contributed by atoms with Crippen LogP contribution in [-0.4, -0.2) is 4.98 Å². The Bertz CT molecular complexity index is 264. The van der Waals surface area contributed by atoms with Crippen LogP contribution in [0.15, 0.2) is 31.0 Å². The number of hydrogen-bond donors (Lipinski definition) is 1. The zero-order chi connectivity index (χ0) is 9.68. The smallest absolute Gasteiger partial charge is 0.0372 e. The molecule has 0 aliphatic carbocycles. The summed E-state index contributed by atoms with van der Waals surface area (Å²) in [7, 11) is 0. The Hall–Kier alpha value is -1.15. The molecule has 0 aliphatic heterocycles. The van der Waals surface area contributed by atoms with Gasteiger partial charge in [-0.3, -0.25) is 4.98 Å². The molecular weight excluding hydrogens is 160 g/mol. The molecule has 2 heteroatoms. The highest BCUT2D eigenvalue weighted by molar-refractivity contribution is 5.16. The zero-order valence-corrected chi connectivity index (χ0v) is 8.03. The van der Waals surface area contributed by atoms with Crippen LogP contribution in [0, 0.1) is 6.92 Å². The summed E-state index contributed by atoms with van der Waals surface area (Å²) >= 11 is 0. The average molecular weight is 176 g/mol. The molecule has 2 N–H and O–H groups in total. The van der Waals surface area contributed by atoms with Gasteiger partial charge in [0.15, 0.2) is 0 Å². The van der Waals surface area contributed by atoms with Crippen LogP contribution in [0.1, 0.15) is 30.1 Å². The van der Waals surface area contributed by atoms with Crippen molar-refractivity contribution in [3.8, 4) is 0 Å². The highest BCUT2D eigenvalue weighted by Gasteiger charge is 2.03. The quantitative estimate of drug-likeness (QED) is 0.715. The Morgan fingerprint density at radius 2 is 2.38 bits per heavy atom. The number of allylic oxidation sites excluding steroid dienone is 1. The summed E-state index contributed by atoms with van der Waals surface area (Å²) in [5.74, 6) is 0. The maximum atomic E-state index is 5.94. The van der Waals surface area contributed by atoms with Gasteiger partial charge in [-0.15, -0.1) is 6.58 Å². The van der Waals surface area contributed by atoms with Gasteiger partial charge in [0.25, 0.3) is 0 Å². The van der Waals surface area contributed by atoms with Gasteiger partial charge in [0, 0.05) is 17.9 Å². The van der Waals surface area contributed by atoms with E-state index in [1.54, 1.807) is 0 Å². The van der Waals surface area contributed by atoms with Crippen LogP contribution in [-0.2, 0) is 0 Å². The second-order valence-corrected chi connectivity index (χ2v) is 3.21. The molecule has 0 amide bonds. The van der Waals surface area contributed by atoms with Crippen LogP contribution in [0.2, 0.25) is 0 Å². The SMILES string of the molecule is C=CCCC(N)c1ccc(C)nc1. The molecular formula is C11H16N2. The van der Waals surface area contributed by atoms with Crippen molar-refractivity contribution in [1.82, 2.24) is 4.98 Å². The number of nitrogens with two attached hydrogens (primary N) is 1. The van der Waals surface area contributed by atoms with Gasteiger partial charge >= 0.3 is 0 Å². The molecule has 0 spiro atoms. The van der Waals surface area contributed by atoms with Gasteiger partial charge in [-0.2, -0.15) is 0 Å². The van der Waals surface area contributed by atoms with Gasteiger partial charge < -0.3 is 5.73 Å². The lowest BCUT2D eigenvalue weighted by molar-refractivity contribution is 0.658. The summed E-state index contributed by atoms with van der Waals surface area (Å²) in [5.41, 5.74) is 8.07. The van der Waals surface area contributed by atoms with Crippen molar-refractivity contribution in [3.05, 3.63) is 42.2 Å². The molecule has 1 atom stereocenters. The van der Waals surface area contributed by atoms with Crippen LogP contribution in [0.25, 0.3) is 0 Å². The molecule has 1 rings (SSSR count). The maximum Gasteiger partial charge on any atom is 0.0372 e. The van der Waals surface area contributed by atoms with Crippen molar-refractivity contribution in [2.24, 2.45) is 5.73 Å². The average Bonchev–Trinajstić information content (AvgIpc) is 2.15. The van der Waals surface area contributed by atoms with Crippen LogP contribution in [0.4, 0.5) is 0 Å². The topological polar surface area (TPSA) is 38.9 Å². The van der Waals surface area contributed by atoms with Gasteiger partial charge in [-0.1, -0.05) is 12.1 Å². The van der Waals surface area contributed by atoms with E-state index in [-0.39, 0.29) is 6.04 Å². The summed E-state index contributed by atoms with van der Waals surface area (Å²) < 4.78 is 0. The van der Waals surface area contributed by atoms with Crippen LogP contribution < -0.4 is 5.73 Å². The van der Waals surface area contributed by atoms with Gasteiger partial charge in [0.2, 0.25) is 0 Å². The first-order chi connectivity index (χ1) is 6.24. The molecule has 0 aromatic carbocycles. The molecule has 0 fully saturated rings. The number of rotatable bonds is 4. The van der Waals surface area contributed by atoms with E-state index in [0.29, 0.717) is 0 Å². The predicted molar refractivity (Wildman–Crippen MR) is 55.3 cm³/mol. The van der Waals surface area contributed by atoms with E-state index in [9.17, 15) is 0 Å². The van der Waals surface area contributed by atoms with Crippen molar-refractivity contribution in [2.45, 2.75) is 25.8 Å². The van der Waals surface area contributed by atoms with Gasteiger partial charge in [-0.05, 0) is 31.4 Å². The third-order valence-corrected chi connectivity index (χ3v) is 2.04. The number of nitrogens with zero attached hydrogens (tertiary/aromatic N) is 1. The van der Waals surface area contributed by atoms with Crippen molar-refractivity contribution in [2.75, 3.05) is 0 Å². The van der Waals surface area contributed by atoms with E-state index >= 15 is 0 Å². The first kappa shape index (κ1) is 9.93. The highest BCUT2D eigenvalue weighted by atomic mass is 14.7. The zero-order valence-electron chi connectivity index (χ0n) is 8.03. The summed E-state index contributed by atoms with van der Waals surface area (Å²) in [6.07, 6.45) is 5.63. The largest absolute Gasteiger partial charge is 0.324 e. The summed E-state index contributed by atoms with van der Waals surface area (Å²) in [6, 6.07) is 4.12. The predicted octanol–water partition coefficient (Wildman–Crippen LogP) is 2.36. The monoisotopic (exact) mass is 176 g/mol. The van der Waals surface area contributed by atoms with Crippen LogP contribution >= 0.6 is 0 Å². The lowest BCUT2D eigenvalue weighted by Gasteiger charge is -2.09. The van der Waals surface area contributed by atoms with Crippen molar-refractivity contribution >= 4 is 0 Å². The van der Waals surface area contributed by atoms with E-state index in [0.717, 1.165) is 24.1 Å². The second-order valence-electron chi connectivity index (χ2n) is 3.21. The molecule has 0 saturated heterocycles. The molecule has 0 bridgehead atoms. The number of pyridine rings is 1. The Labute approximate surface area is 79.5 Å². The summed E-state index contributed by atoms with van der Waals surface area (Å²) in [5, 5.41) is 0. The normalized spacial score (nSPS) is 12.5. The van der Waals surface area contributed by atoms with Crippen LogP contribution in [0.3, 0.4) is 0 Å². The number of aromatic nitrogens is 1. The Morgan fingerprint density at radius 3 is 2.92 bits per heavy atom. The van der Waals surface area contributed by atoms with Crippen molar-refractivity contribution in [1.29, 1.82) is 0 Å². The Morgan fingerprint density at radius 1 is 1.62 bits per heavy atom. The summed E-state index contributed by atoms with van der Waals surface area (Å²) in [6.45, 7) is 5.64. The van der Waals surface area contributed by atoms with Gasteiger partial charge in [0.05, 0.1) is 0 Å². The minimum atomic E-state index is 0.0890. The molecule has 0 aliphatic rings. The minimum Gasteiger partial charge on any atom is -0.324 e. The van der Waals surface area contributed by atoms with E-state index in [4.69, 9.17) is 5.73 Å². The number of hydrogen-bond acceptors (Lipinski definition) is 2. The molecule has 1 aromatic heterocycles. The molecule has 0 radical (unpaired) electrons. The summed E-state index contributed by atoms with van der Waals surface area (Å²) in [4.78, 5) is 4.20. The molecule has 1 aromatic rings. The molecule has 13 heavy (non-hydrogen) atoms. The highest BCUT2D eigenvalue weighted by Crippen LogP contribution is 2.14. The lowest BCUT2D eigenvalue weighted by Crippen LogP contribution is -2.10.